The van der Waals surface area contributed by atoms with Crippen molar-refractivity contribution in [3.8, 4) is 0 Å². The largest absolute Gasteiger partial charge is 0.465 e. The van der Waals surface area contributed by atoms with Gasteiger partial charge < -0.3 is 15.0 Å². The van der Waals surface area contributed by atoms with E-state index >= 15 is 0 Å². The SMILES string of the molecule is COC(=O)c1ccccc1N1C(=O)[C@@H]2[C@H](Cc3c[nH]c4ccccc34)N[C@]3(C(=O)Nc4ccc(Cl)cc43)[C@H]2C1=O. The molecule has 0 aliphatic carbocycles. The summed E-state index contributed by atoms with van der Waals surface area (Å²) < 4.78 is 4.92. The summed E-state index contributed by atoms with van der Waals surface area (Å²) >= 11 is 6.37. The van der Waals surface area contributed by atoms with Gasteiger partial charge in [0.05, 0.1) is 30.2 Å². The maximum Gasteiger partial charge on any atom is 0.339 e. The second-order valence-corrected chi connectivity index (χ2v) is 10.7. The van der Waals surface area contributed by atoms with Gasteiger partial charge in [-0.2, -0.15) is 0 Å². The Morgan fingerprint density at radius 2 is 1.80 bits per heavy atom. The quantitative estimate of drug-likeness (QED) is 0.261. The maximum atomic E-state index is 14.3. The third-order valence-electron chi connectivity index (χ3n) is 8.34. The number of imide groups is 1. The molecule has 3 aliphatic heterocycles. The Bertz CT molecular complexity index is 1770. The van der Waals surface area contributed by atoms with Gasteiger partial charge in [0.25, 0.3) is 0 Å². The molecule has 1 aromatic heterocycles. The van der Waals surface area contributed by atoms with Crippen molar-refractivity contribution in [1.29, 1.82) is 0 Å². The summed E-state index contributed by atoms with van der Waals surface area (Å²) in [6, 6.07) is 18.6. The Labute approximate surface area is 233 Å². The fourth-order valence-corrected chi connectivity index (χ4v) is 6.85. The topological polar surface area (TPSA) is 121 Å². The summed E-state index contributed by atoms with van der Waals surface area (Å²) in [6.07, 6.45) is 2.26. The van der Waals surface area contributed by atoms with E-state index in [1.54, 1.807) is 30.3 Å². The van der Waals surface area contributed by atoms with Gasteiger partial charge in [-0.25, -0.2) is 9.69 Å². The van der Waals surface area contributed by atoms with Gasteiger partial charge in [-0.15, -0.1) is 0 Å². The van der Waals surface area contributed by atoms with Gasteiger partial charge in [-0.05, 0) is 48.4 Å². The van der Waals surface area contributed by atoms with E-state index in [0.29, 0.717) is 22.7 Å². The molecule has 0 radical (unpaired) electrons. The minimum absolute atomic E-state index is 0.0844. The number of para-hydroxylation sites is 2. The number of nitrogens with zero attached hydrogens (tertiary/aromatic N) is 1. The predicted octanol–water partition coefficient (Wildman–Crippen LogP) is 3.78. The molecule has 1 spiro atoms. The van der Waals surface area contributed by atoms with Crippen molar-refractivity contribution in [2.45, 2.75) is 18.0 Å². The van der Waals surface area contributed by atoms with E-state index in [2.05, 4.69) is 15.6 Å². The van der Waals surface area contributed by atoms with Crippen LogP contribution in [0.1, 0.15) is 21.5 Å². The number of H-pyrrole nitrogens is 1. The number of carbonyl (C=O) groups is 4. The summed E-state index contributed by atoms with van der Waals surface area (Å²) in [5.41, 5.74) is 1.63. The van der Waals surface area contributed by atoms with Crippen molar-refractivity contribution >= 4 is 57.6 Å². The molecule has 4 heterocycles. The number of ether oxygens (including phenoxy) is 1. The van der Waals surface area contributed by atoms with Crippen molar-refractivity contribution in [2.75, 3.05) is 17.3 Å². The number of amides is 3. The first-order valence-electron chi connectivity index (χ1n) is 12.8. The smallest absolute Gasteiger partial charge is 0.339 e. The molecule has 9 nitrogen and oxygen atoms in total. The first-order chi connectivity index (χ1) is 19.3. The number of hydrogen-bond acceptors (Lipinski definition) is 6. The van der Waals surface area contributed by atoms with Gasteiger partial charge in [0.1, 0.15) is 5.54 Å². The van der Waals surface area contributed by atoms with Crippen LogP contribution in [0.4, 0.5) is 11.4 Å². The lowest BCUT2D eigenvalue weighted by atomic mass is 9.76. The van der Waals surface area contributed by atoms with E-state index in [0.717, 1.165) is 21.4 Å². The number of anilines is 2. The van der Waals surface area contributed by atoms with Crippen molar-refractivity contribution in [2.24, 2.45) is 11.8 Å². The molecule has 3 amide bonds. The number of methoxy groups -OCH3 is 1. The molecule has 2 fully saturated rings. The number of esters is 1. The van der Waals surface area contributed by atoms with Crippen LogP contribution in [0.2, 0.25) is 5.02 Å². The number of aromatic amines is 1. The Kier molecular flexibility index (Phi) is 5.39. The number of benzene rings is 3. The van der Waals surface area contributed by atoms with Crippen LogP contribution in [-0.2, 0) is 31.1 Å². The van der Waals surface area contributed by atoms with Crippen LogP contribution in [0.5, 0.6) is 0 Å². The zero-order valence-electron chi connectivity index (χ0n) is 21.2. The molecule has 7 rings (SSSR count). The Morgan fingerprint density at radius 1 is 1.02 bits per heavy atom. The van der Waals surface area contributed by atoms with Crippen LogP contribution < -0.4 is 15.5 Å². The zero-order valence-corrected chi connectivity index (χ0v) is 22.0. The molecule has 200 valence electrons. The van der Waals surface area contributed by atoms with E-state index in [1.165, 1.54) is 19.2 Å². The molecule has 3 aromatic carbocycles. The standard InChI is InChI=1S/C30H23ClN4O5/c1-40-28(38)18-7-3-5-9-23(18)35-26(36)24-22(12-15-14-32-20-8-4-2-6-17(15)20)34-30(25(24)27(35)37)19-13-16(31)10-11-21(19)33-29(30)39/h2-11,13-14,22,24-25,32,34H,12H2,1H3,(H,33,39)/t22-,24+,25+,30-/m0/s1. The average Bonchev–Trinajstić information content (AvgIpc) is 3.67. The molecular formula is C30H23ClN4O5. The first kappa shape index (κ1) is 24.6. The number of nitrogens with one attached hydrogen (secondary N) is 3. The molecular weight excluding hydrogens is 532 g/mol. The van der Waals surface area contributed by atoms with Crippen molar-refractivity contribution in [3.05, 3.63) is 94.6 Å². The number of halogens is 1. The lowest BCUT2D eigenvalue weighted by molar-refractivity contribution is -0.130. The van der Waals surface area contributed by atoms with Crippen molar-refractivity contribution in [1.82, 2.24) is 10.3 Å². The van der Waals surface area contributed by atoms with Gasteiger partial charge in [0.2, 0.25) is 17.7 Å². The fourth-order valence-electron chi connectivity index (χ4n) is 6.67. The Morgan fingerprint density at radius 3 is 2.62 bits per heavy atom. The second-order valence-electron chi connectivity index (χ2n) is 10.3. The predicted molar refractivity (Wildman–Crippen MR) is 148 cm³/mol. The van der Waals surface area contributed by atoms with E-state index in [1.807, 2.05) is 30.5 Å². The summed E-state index contributed by atoms with van der Waals surface area (Å²) in [6.45, 7) is 0. The van der Waals surface area contributed by atoms with Gasteiger partial charge in [0.15, 0.2) is 0 Å². The third-order valence-corrected chi connectivity index (χ3v) is 8.58. The molecule has 3 N–H and O–H groups in total. The monoisotopic (exact) mass is 554 g/mol. The molecule has 2 saturated heterocycles. The summed E-state index contributed by atoms with van der Waals surface area (Å²) in [7, 11) is 1.24. The van der Waals surface area contributed by atoms with Crippen molar-refractivity contribution in [3.63, 3.8) is 0 Å². The van der Waals surface area contributed by atoms with Crippen molar-refractivity contribution < 1.29 is 23.9 Å². The van der Waals surface area contributed by atoms with Gasteiger partial charge in [-0.1, -0.05) is 41.9 Å². The van der Waals surface area contributed by atoms with Gasteiger partial charge in [-0.3, -0.25) is 19.7 Å². The molecule has 10 heteroatoms. The second kappa shape index (κ2) is 8.77. The molecule has 0 bridgehead atoms. The van der Waals surface area contributed by atoms with Crippen LogP contribution >= 0.6 is 11.6 Å². The number of aromatic nitrogens is 1. The van der Waals surface area contributed by atoms with E-state index < -0.39 is 47.1 Å². The Hall–Kier alpha value is -4.47. The van der Waals surface area contributed by atoms with E-state index in [-0.39, 0.29) is 11.3 Å². The third kappa shape index (κ3) is 3.25. The lowest BCUT2D eigenvalue weighted by Crippen LogP contribution is -2.53. The normalized spacial score (nSPS) is 25.0. The minimum atomic E-state index is -1.52. The van der Waals surface area contributed by atoms with Crippen LogP contribution in [-0.4, -0.2) is 41.8 Å². The highest BCUT2D eigenvalue weighted by Gasteiger charge is 2.70. The summed E-state index contributed by atoms with van der Waals surface area (Å²) in [4.78, 5) is 59.3. The number of hydrogen-bond donors (Lipinski definition) is 3. The highest BCUT2D eigenvalue weighted by molar-refractivity contribution is 6.31. The van der Waals surface area contributed by atoms with Crippen LogP contribution in [0.25, 0.3) is 10.9 Å². The Balaban J connectivity index is 1.40. The highest BCUT2D eigenvalue weighted by atomic mass is 35.5. The van der Waals surface area contributed by atoms with Gasteiger partial charge in [0, 0.05) is 39.4 Å². The van der Waals surface area contributed by atoms with E-state index in [4.69, 9.17) is 16.3 Å². The molecule has 4 atom stereocenters. The molecule has 40 heavy (non-hydrogen) atoms. The molecule has 3 aliphatic rings. The number of fused-ring (bicyclic) bond motifs is 5. The number of carbonyl (C=O) groups excluding carboxylic acids is 4. The van der Waals surface area contributed by atoms with E-state index in [9.17, 15) is 19.2 Å². The summed E-state index contributed by atoms with van der Waals surface area (Å²) in [5.74, 6) is -4.10. The minimum Gasteiger partial charge on any atom is -0.465 e. The molecule has 0 saturated carbocycles. The number of rotatable bonds is 4. The maximum absolute atomic E-state index is 14.3. The highest BCUT2D eigenvalue weighted by Crippen LogP contribution is 2.54. The summed E-state index contributed by atoms with van der Waals surface area (Å²) in [5, 5.41) is 7.72. The van der Waals surface area contributed by atoms with Crippen LogP contribution in [0.15, 0.2) is 72.9 Å². The zero-order chi connectivity index (χ0) is 27.8. The molecule has 4 aromatic rings. The van der Waals surface area contributed by atoms with Crippen LogP contribution in [0, 0.1) is 11.8 Å². The average molecular weight is 555 g/mol. The lowest BCUT2D eigenvalue weighted by Gasteiger charge is -2.30. The first-order valence-corrected chi connectivity index (χ1v) is 13.2. The molecule has 0 unspecified atom stereocenters. The van der Waals surface area contributed by atoms with Crippen LogP contribution in [0.3, 0.4) is 0 Å². The fraction of sp³-hybridized carbons (Fsp3) is 0.200. The van der Waals surface area contributed by atoms with Gasteiger partial charge >= 0.3 is 5.97 Å².